The number of carbonyl (C=O) groups excluding carboxylic acids is 1. The smallest absolute Gasteiger partial charge is 0.308 e. The first-order valence-electron chi connectivity index (χ1n) is 6.63. The maximum atomic E-state index is 11.4. The van der Waals surface area contributed by atoms with Crippen LogP contribution in [0.25, 0.3) is 5.65 Å². The zero-order valence-electron chi connectivity index (χ0n) is 11.4. The summed E-state index contributed by atoms with van der Waals surface area (Å²) in [7, 11) is 1.40. The molecule has 0 aliphatic carbocycles. The van der Waals surface area contributed by atoms with E-state index >= 15 is 0 Å². The Balaban J connectivity index is 1.79. The topological polar surface area (TPSA) is 56.1 Å². The third-order valence-corrected chi connectivity index (χ3v) is 3.49. The number of morpholine rings is 1. The van der Waals surface area contributed by atoms with E-state index in [1.807, 2.05) is 22.7 Å². The summed E-state index contributed by atoms with van der Waals surface area (Å²) in [4.78, 5) is 17.9. The zero-order valence-corrected chi connectivity index (χ0v) is 11.4. The lowest BCUT2D eigenvalue weighted by atomic mass is 10.2. The zero-order chi connectivity index (χ0) is 13.9. The van der Waals surface area contributed by atoms with E-state index in [-0.39, 0.29) is 18.5 Å². The highest BCUT2D eigenvalue weighted by Crippen LogP contribution is 2.20. The van der Waals surface area contributed by atoms with Gasteiger partial charge in [-0.05, 0) is 12.1 Å². The van der Waals surface area contributed by atoms with Gasteiger partial charge >= 0.3 is 5.97 Å². The minimum Gasteiger partial charge on any atom is -0.469 e. The van der Waals surface area contributed by atoms with Crippen LogP contribution < -0.4 is 4.90 Å². The number of aromatic nitrogens is 2. The van der Waals surface area contributed by atoms with Gasteiger partial charge in [-0.1, -0.05) is 6.07 Å². The van der Waals surface area contributed by atoms with Crippen LogP contribution in [0.3, 0.4) is 0 Å². The maximum Gasteiger partial charge on any atom is 0.308 e. The van der Waals surface area contributed by atoms with Crippen molar-refractivity contribution in [1.82, 2.24) is 9.38 Å². The predicted octanol–water partition coefficient (Wildman–Crippen LogP) is 1.10. The van der Waals surface area contributed by atoms with E-state index < -0.39 is 0 Å². The van der Waals surface area contributed by atoms with Gasteiger partial charge in [0, 0.05) is 25.5 Å². The third-order valence-electron chi connectivity index (χ3n) is 3.49. The van der Waals surface area contributed by atoms with E-state index in [0.29, 0.717) is 13.2 Å². The van der Waals surface area contributed by atoms with Crippen molar-refractivity contribution < 1.29 is 14.3 Å². The summed E-state index contributed by atoms with van der Waals surface area (Å²) in [6.45, 7) is 2.08. The van der Waals surface area contributed by atoms with Crippen molar-refractivity contribution in [3.63, 3.8) is 0 Å². The Kier molecular flexibility index (Phi) is 3.56. The number of fused-ring (bicyclic) bond motifs is 1. The van der Waals surface area contributed by atoms with Gasteiger partial charge in [0.05, 0.1) is 26.2 Å². The van der Waals surface area contributed by atoms with Crippen molar-refractivity contribution >= 4 is 17.4 Å². The molecule has 1 aliphatic heterocycles. The molecule has 1 aliphatic rings. The molecule has 2 aromatic heterocycles. The molecule has 6 heteroatoms. The molecule has 0 amide bonds. The molecule has 1 fully saturated rings. The van der Waals surface area contributed by atoms with Gasteiger partial charge in [0.15, 0.2) is 0 Å². The van der Waals surface area contributed by atoms with Crippen molar-refractivity contribution in [2.45, 2.75) is 12.5 Å². The van der Waals surface area contributed by atoms with Crippen LogP contribution in [0.2, 0.25) is 0 Å². The molecule has 106 valence electrons. The molecule has 0 spiro atoms. The largest absolute Gasteiger partial charge is 0.469 e. The Bertz CT molecular complexity index is 610. The SMILES string of the molecule is COC(=O)CC1CN(c2cccc3nccn23)CCO1. The van der Waals surface area contributed by atoms with Gasteiger partial charge < -0.3 is 14.4 Å². The Hall–Kier alpha value is -2.08. The fraction of sp³-hybridized carbons (Fsp3) is 0.429. The average molecular weight is 275 g/mol. The maximum absolute atomic E-state index is 11.4. The van der Waals surface area contributed by atoms with E-state index in [1.54, 1.807) is 6.20 Å². The number of hydrogen-bond acceptors (Lipinski definition) is 5. The highest BCUT2D eigenvalue weighted by atomic mass is 16.5. The van der Waals surface area contributed by atoms with Crippen molar-refractivity contribution in [2.75, 3.05) is 31.7 Å². The van der Waals surface area contributed by atoms with Crippen molar-refractivity contribution in [2.24, 2.45) is 0 Å². The number of methoxy groups -OCH3 is 1. The van der Waals surface area contributed by atoms with Crippen LogP contribution >= 0.6 is 0 Å². The molecule has 1 saturated heterocycles. The van der Waals surface area contributed by atoms with Crippen LogP contribution in [0.5, 0.6) is 0 Å². The molecule has 0 saturated carbocycles. The molecule has 3 heterocycles. The molecule has 3 rings (SSSR count). The normalized spacial score (nSPS) is 19.2. The monoisotopic (exact) mass is 275 g/mol. The van der Waals surface area contributed by atoms with Gasteiger partial charge in [-0.15, -0.1) is 0 Å². The molecule has 0 radical (unpaired) electrons. The third kappa shape index (κ3) is 2.46. The van der Waals surface area contributed by atoms with Crippen molar-refractivity contribution in [1.29, 1.82) is 0 Å². The lowest BCUT2D eigenvalue weighted by Gasteiger charge is -2.34. The van der Waals surface area contributed by atoms with E-state index in [0.717, 1.165) is 18.0 Å². The first-order valence-corrected chi connectivity index (χ1v) is 6.63. The standard InChI is InChI=1S/C14H17N3O3/c1-19-14(18)9-11-10-16(7-8-20-11)13-4-2-3-12-15-5-6-17(12)13/h2-6,11H,7-10H2,1H3. The summed E-state index contributed by atoms with van der Waals surface area (Å²) in [5, 5.41) is 0. The second-order valence-corrected chi connectivity index (χ2v) is 4.76. The van der Waals surface area contributed by atoms with E-state index in [9.17, 15) is 4.79 Å². The first-order chi connectivity index (χ1) is 9.78. The van der Waals surface area contributed by atoms with Crippen molar-refractivity contribution in [3.05, 3.63) is 30.6 Å². The Morgan fingerprint density at radius 2 is 2.45 bits per heavy atom. The number of carbonyl (C=O) groups is 1. The number of hydrogen-bond donors (Lipinski definition) is 0. The molecule has 1 unspecified atom stereocenters. The molecule has 20 heavy (non-hydrogen) atoms. The van der Waals surface area contributed by atoms with E-state index in [1.165, 1.54) is 7.11 Å². The number of rotatable bonds is 3. The molecule has 0 bridgehead atoms. The number of pyridine rings is 1. The van der Waals surface area contributed by atoms with Crippen LogP contribution in [0.15, 0.2) is 30.6 Å². The average Bonchev–Trinajstić information content (AvgIpc) is 2.95. The predicted molar refractivity (Wildman–Crippen MR) is 73.8 cm³/mol. The summed E-state index contributed by atoms with van der Waals surface area (Å²) in [6.07, 6.45) is 3.88. The summed E-state index contributed by atoms with van der Waals surface area (Å²) in [5.74, 6) is 0.829. The van der Waals surface area contributed by atoms with Crippen LogP contribution in [0, 0.1) is 0 Å². The summed E-state index contributed by atoms with van der Waals surface area (Å²) >= 11 is 0. The lowest BCUT2D eigenvalue weighted by Crippen LogP contribution is -2.44. The van der Waals surface area contributed by atoms with Crippen LogP contribution in [0.1, 0.15) is 6.42 Å². The highest BCUT2D eigenvalue weighted by molar-refractivity contribution is 5.70. The molecule has 6 nitrogen and oxygen atoms in total. The second kappa shape index (κ2) is 5.50. The summed E-state index contributed by atoms with van der Waals surface area (Å²) in [5.41, 5.74) is 0.915. The van der Waals surface area contributed by atoms with Gasteiger partial charge in [0.25, 0.3) is 0 Å². The van der Waals surface area contributed by atoms with Crippen LogP contribution in [-0.2, 0) is 14.3 Å². The Morgan fingerprint density at radius 1 is 1.55 bits per heavy atom. The quantitative estimate of drug-likeness (QED) is 0.785. The number of imidazole rings is 1. The number of esters is 1. The van der Waals surface area contributed by atoms with Gasteiger partial charge in [-0.2, -0.15) is 0 Å². The molecule has 0 N–H and O–H groups in total. The number of nitrogens with zero attached hydrogens (tertiary/aromatic N) is 3. The minimum absolute atomic E-state index is 0.130. The Labute approximate surface area is 116 Å². The molecule has 2 aromatic rings. The minimum atomic E-state index is -0.238. The molecule has 1 atom stereocenters. The highest BCUT2D eigenvalue weighted by Gasteiger charge is 2.24. The number of anilines is 1. The van der Waals surface area contributed by atoms with Gasteiger partial charge in [0.1, 0.15) is 11.5 Å². The van der Waals surface area contributed by atoms with Crippen LogP contribution in [0.4, 0.5) is 5.82 Å². The second-order valence-electron chi connectivity index (χ2n) is 4.76. The van der Waals surface area contributed by atoms with Gasteiger partial charge in [-0.25, -0.2) is 4.98 Å². The molecular weight excluding hydrogens is 258 g/mol. The molecular formula is C14H17N3O3. The fourth-order valence-corrected chi connectivity index (χ4v) is 2.51. The summed E-state index contributed by atoms with van der Waals surface area (Å²) < 4.78 is 12.4. The lowest BCUT2D eigenvalue weighted by molar-refractivity contribution is -0.144. The van der Waals surface area contributed by atoms with E-state index in [4.69, 9.17) is 9.47 Å². The van der Waals surface area contributed by atoms with Gasteiger partial charge in [0.2, 0.25) is 0 Å². The summed E-state index contributed by atoms with van der Waals surface area (Å²) in [6, 6.07) is 6.01. The molecule has 0 aromatic carbocycles. The number of ether oxygens (including phenoxy) is 2. The fourth-order valence-electron chi connectivity index (χ4n) is 2.51. The first kappa shape index (κ1) is 12.9. The van der Waals surface area contributed by atoms with E-state index in [2.05, 4.69) is 16.0 Å². The van der Waals surface area contributed by atoms with Crippen molar-refractivity contribution in [3.8, 4) is 0 Å². The van der Waals surface area contributed by atoms with Crippen LogP contribution in [-0.4, -0.2) is 48.3 Å². The Morgan fingerprint density at radius 3 is 3.30 bits per heavy atom. The van der Waals surface area contributed by atoms with Gasteiger partial charge in [-0.3, -0.25) is 9.20 Å².